The summed E-state index contributed by atoms with van der Waals surface area (Å²) in [5.74, 6) is 0. The molecule has 13 heavy (non-hydrogen) atoms. The molecule has 0 unspecified atom stereocenters. The molecule has 0 heterocycles. The highest BCUT2D eigenvalue weighted by Crippen LogP contribution is 2.17. The van der Waals surface area contributed by atoms with Gasteiger partial charge in [0.25, 0.3) is 0 Å². The Balaban J connectivity index is 3.14. The van der Waals surface area contributed by atoms with Gasteiger partial charge in [-0.3, -0.25) is 4.79 Å². The van der Waals surface area contributed by atoms with Crippen LogP contribution in [0.25, 0.3) is 0 Å². The van der Waals surface area contributed by atoms with E-state index in [1.807, 2.05) is 12.1 Å². The summed E-state index contributed by atoms with van der Waals surface area (Å²) in [6.07, 6.45) is 0. The van der Waals surface area contributed by atoms with E-state index in [0.717, 1.165) is 27.4 Å². The summed E-state index contributed by atoms with van der Waals surface area (Å²) in [7, 11) is 0. The van der Waals surface area contributed by atoms with Crippen molar-refractivity contribution in [2.75, 3.05) is 0 Å². The molecular weight excluding hydrogens is 411 g/mol. The molecule has 0 spiro atoms. The summed E-state index contributed by atoms with van der Waals surface area (Å²) < 4.78 is 0.0857. The van der Waals surface area contributed by atoms with E-state index in [2.05, 4.69) is 37.9 Å². The first-order valence-corrected chi connectivity index (χ1v) is 6.94. The molecule has 0 bridgehead atoms. The van der Waals surface area contributed by atoms with Crippen molar-refractivity contribution in [2.24, 2.45) is 0 Å². The number of carbonyl (C=O) groups excluding carboxylic acids is 1. The first-order chi connectivity index (χ1) is 6.17. The topological polar surface area (TPSA) is 17.1 Å². The van der Waals surface area contributed by atoms with E-state index in [1.54, 1.807) is 22.6 Å². The molecule has 0 N–H and O–H groups in total. The van der Waals surface area contributed by atoms with Crippen molar-refractivity contribution in [2.45, 2.75) is 10.7 Å². The maximum atomic E-state index is 11.1. The average Bonchev–Trinajstić information content (AvgIpc) is 2.16. The number of carbonyl (C=O) groups is 1. The highest BCUT2D eigenvalue weighted by atomic mass is 127. The first kappa shape index (κ1) is 11.7. The minimum absolute atomic E-state index is 0.0857. The summed E-state index contributed by atoms with van der Waals surface area (Å²) in [5.41, 5.74) is 3.04. The predicted octanol–water partition coefficient (Wildman–Crippen LogP) is 4.05. The van der Waals surface area contributed by atoms with E-state index in [0.29, 0.717) is 0 Å². The van der Waals surface area contributed by atoms with Crippen molar-refractivity contribution in [3.8, 4) is 0 Å². The smallest absolute Gasteiger partial charge is 0.222 e. The highest BCUT2D eigenvalue weighted by Gasteiger charge is 2.04. The third kappa shape index (κ3) is 3.32. The van der Waals surface area contributed by atoms with Gasteiger partial charge < -0.3 is 0 Å². The monoisotopic (exact) mass is 416 g/mol. The van der Waals surface area contributed by atoms with E-state index < -0.39 is 0 Å². The lowest BCUT2D eigenvalue weighted by atomic mass is 10.1. The van der Waals surface area contributed by atoms with Crippen LogP contribution >= 0.6 is 54.5 Å². The molecule has 1 aromatic rings. The van der Waals surface area contributed by atoms with Crippen molar-refractivity contribution in [1.29, 1.82) is 0 Å². The van der Waals surface area contributed by atoms with Gasteiger partial charge in [-0.2, -0.15) is 0 Å². The molecular formula is C9H7Br2IO. The zero-order valence-electron chi connectivity index (χ0n) is 6.69. The Hall–Kier alpha value is 0.580. The predicted molar refractivity (Wildman–Crippen MR) is 70.1 cm³/mol. The maximum absolute atomic E-state index is 11.1. The summed E-state index contributed by atoms with van der Waals surface area (Å²) in [6.45, 7) is 0. The molecule has 0 amide bonds. The van der Waals surface area contributed by atoms with Gasteiger partial charge in [0.15, 0.2) is 0 Å². The van der Waals surface area contributed by atoms with Gasteiger partial charge in [-0.25, -0.2) is 0 Å². The van der Waals surface area contributed by atoms with Gasteiger partial charge in [0.2, 0.25) is 3.79 Å². The quantitative estimate of drug-likeness (QED) is 0.412. The molecule has 0 radical (unpaired) electrons. The third-order valence-electron chi connectivity index (χ3n) is 1.59. The second-order valence-electron chi connectivity index (χ2n) is 2.58. The van der Waals surface area contributed by atoms with Crippen LogP contribution in [0.1, 0.15) is 21.5 Å². The first-order valence-electron chi connectivity index (χ1n) is 3.62. The molecule has 0 aliphatic rings. The van der Waals surface area contributed by atoms with Gasteiger partial charge in [-0.1, -0.05) is 37.9 Å². The normalized spacial score (nSPS) is 10.1. The van der Waals surface area contributed by atoms with Gasteiger partial charge in [-0.15, -0.1) is 0 Å². The van der Waals surface area contributed by atoms with Crippen LogP contribution in [0.4, 0.5) is 0 Å². The summed E-state index contributed by atoms with van der Waals surface area (Å²) in [6, 6.07) is 5.90. The van der Waals surface area contributed by atoms with Crippen molar-refractivity contribution in [1.82, 2.24) is 0 Å². The van der Waals surface area contributed by atoms with E-state index in [-0.39, 0.29) is 3.79 Å². The Kier molecular flexibility index (Phi) is 4.89. The molecule has 0 fully saturated rings. The fourth-order valence-corrected chi connectivity index (χ4v) is 1.99. The van der Waals surface area contributed by atoms with E-state index in [4.69, 9.17) is 0 Å². The summed E-state index contributed by atoms with van der Waals surface area (Å²) >= 11 is 8.55. The van der Waals surface area contributed by atoms with Gasteiger partial charge in [0.1, 0.15) is 0 Å². The number of benzene rings is 1. The minimum atomic E-state index is 0.0857. The minimum Gasteiger partial charge on any atom is -0.282 e. The fraction of sp³-hybridized carbons (Fsp3) is 0.222. The molecule has 0 saturated carbocycles. The standard InChI is InChI=1S/C9H7Br2IO/c10-4-6-1-7(5-11)3-8(2-6)9(12)13/h1-3H,4-5H2. The zero-order chi connectivity index (χ0) is 9.84. The van der Waals surface area contributed by atoms with E-state index in [1.165, 1.54) is 0 Å². The van der Waals surface area contributed by atoms with E-state index >= 15 is 0 Å². The van der Waals surface area contributed by atoms with Crippen LogP contribution in [0.3, 0.4) is 0 Å². The molecule has 0 aliphatic heterocycles. The Morgan fingerprint density at radius 2 is 1.62 bits per heavy atom. The van der Waals surface area contributed by atoms with Gasteiger partial charge in [-0.05, 0) is 23.3 Å². The van der Waals surface area contributed by atoms with E-state index in [9.17, 15) is 4.79 Å². The molecule has 1 nitrogen and oxygen atoms in total. The second kappa shape index (κ2) is 5.46. The van der Waals surface area contributed by atoms with Crippen molar-refractivity contribution >= 4 is 58.2 Å². The highest BCUT2D eigenvalue weighted by molar-refractivity contribution is 14.1. The van der Waals surface area contributed by atoms with Crippen LogP contribution in [0.15, 0.2) is 18.2 Å². The van der Waals surface area contributed by atoms with Crippen LogP contribution < -0.4 is 0 Å². The molecule has 0 saturated heterocycles. The average molecular weight is 418 g/mol. The summed E-state index contributed by atoms with van der Waals surface area (Å²) in [4.78, 5) is 11.1. The second-order valence-corrected chi connectivity index (χ2v) is 4.68. The zero-order valence-corrected chi connectivity index (χ0v) is 12.0. The van der Waals surface area contributed by atoms with Gasteiger partial charge >= 0.3 is 0 Å². The number of hydrogen-bond donors (Lipinski definition) is 0. The van der Waals surface area contributed by atoms with Gasteiger partial charge in [0, 0.05) is 38.8 Å². The summed E-state index contributed by atoms with van der Waals surface area (Å²) in [5, 5.41) is 1.56. The lowest BCUT2D eigenvalue weighted by Gasteiger charge is -2.02. The largest absolute Gasteiger partial charge is 0.282 e. The van der Waals surface area contributed by atoms with Crippen molar-refractivity contribution < 1.29 is 4.79 Å². The number of rotatable bonds is 3. The van der Waals surface area contributed by atoms with Crippen molar-refractivity contribution in [3.63, 3.8) is 0 Å². The lowest BCUT2D eigenvalue weighted by molar-refractivity contribution is 0.110. The molecule has 0 aromatic heterocycles. The number of halogens is 3. The Labute approximate surface area is 108 Å². The Morgan fingerprint density at radius 1 is 1.15 bits per heavy atom. The van der Waals surface area contributed by atoms with Crippen LogP contribution in [-0.4, -0.2) is 3.79 Å². The Bertz CT molecular complexity index is 303. The third-order valence-corrected chi connectivity index (χ3v) is 3.51. The van der Waals surface area contributed by atoms with Crippen LogP contribution in [-0.2, 0) is 10.7 Å². The van der Waals surface area contributed by atoms with Crippen LogP contribution in [0.5, 0.6) is 0 Å². The fourth-order valence-electron chi connectivity index (χ4n) is 1.03. The van der Waals surface area contributed by atoms with Crippen molar-refractivity contribution in [3.05, 3.63) is 34.9 Å². The SMILES string of the molecule is O=C(I)c1cc(CBr)cc(CBr)c1. The maximum Gasteiger partial charge on any atom is 0.222 e. The number of hydrogen-bond acceptors (Lipinski definition) is 1. The van der Waals surface area contributed by atoms with Crippen LogP contribution in [0, 0.1) is 0 Å². The molecule has 0 atom stereocenters. The molecule has 1 aromatic carbocycles. The number of alkyl halides is 2. The molecule has 0 aliphatic carbocycles. The Morgan fingerprint density at radius 3 is 1.92 bits per heavy atom. The van der Waals surface area contributed by atoms with Crippen LogP contribution in [0.2, 0.25) is 0 Å². The molecule has 70 valence electrons. The lowest BCUT2D eigenvalue weighted by Crippen LogP contribution is -1.92. The molecule has 1 rings (SSSR count). The van der Waals surface area contributed by atoms with Gasteiger partial charge in [0.05, 0.1) is 0 Å². The molecule has 4 heteroatoms.